The number of aryl methyl sites for hydroxylation is 2. The van der Waals surface area contributed by atoms with E-state index in [9.17, 15) is 0 Å². The van der Waals surface area contributed by atoms with Crippen LogP contribution in [0.3, 0.4) is 0 Å². The molecule has 2 nitrogen and oxygen atoms in total. The molecular weight excluding hydrogens is 228 g/mol. The molecule has 0 amide bonds. The number of H-pyrrole nitrogens is 1. The van der Waals surface area contributed by atoms with Gasteiger partial charge in [0, 0.05) is 16.3 Å². The second-order valence-electron chi connectivity index (χ2n) is 4.15. The van der Waals surface area contributed by atoms with Crippen LogP contribution in [-0.4, -0.2) is 9.97 Å². The minimum Gasteiger partial charge on any atom is -0.353 e. The molecule has 0 radical (unpaired) electrons. The van der Waals surface area contributed by atoms with E-state index in [2.05, 4.69) is 53.5 Å². The highest BCUT2D eigenvalue weighted by Crippen LogP contribution is 2.30. The van der Waals surface area contributed by atoms with Crippen molar-refractivity contribution in [3.05, 3.63) is 40.2 Å². The summed E-state index contributed by atoms with van der Waals surface area (Å²) >= 11 is 1.73. The fourth-order valence-electron chi connectivity index (χ4n) is 2.13. The summed E-state index contributed by atoms with van der Waals surface area (Å²) in [5.41, 5.74) is 4.70. The van der Waals surface area contributed by atoms with Gasteiger partial charge in [0.25, 0.3) is 0 Å². The Morgan fingerprint density at radius 3 is 2.82 bits per heavy atom. The smallest absolute Gasteiger partial charge is 0.0979 e. The maximum absolute atomic E-state index is 4.64. The standard InChI is InChI=1S/C14H14N2S/c1-3-13-15-12(8-17-13)14-9(2)10-6-4-5-7-11(10)16-14/h4-8,16H,3H2,1-2H3. The third-order valence-electron chi connectivity index (χ3n) is 3.08. The largest absolute Gasteiger partial charge is 0.353 e. The van der Waals surface area contributed by atoms with Crippen LogP contribution in [0.15, 0.2) is 29.6 Å². The van der Waals surface area contributed by atoms with Gasteiger partial charge < -0.3 is 4.98 Å². The molecule has 0 aliphatic heterocycles. The Hall–Kier alpha value is -1.61. The van der Waals surface area contributed by atoms with E-state index in [0.717, 1.165) is 17.8 Å². The van der Waals surface area contributed by atoms with E-state index in [1.807, 2.05) is 0 Å². The highest BCUT2D eigenvalue weighted by atomic mass is 32.1. The highest BCUT2D eigenvalue weighted by Gasteiger charge is 2.11. The first-order valence-electron chi connectivity index (χ1n) is 5.81. The molecule has 0 atom stereocenters. The average molecular weight is 242 g/mol. The van der Waals surface area contributed by atoms with Crippen molar-refractivity contribution in [2.45, 2.75) is 20.3 Å². The van der Waals surface area contributed by atoms with Gasteiger partial charge in [-0.1, -0.05) is 25.1 Å². The Labute approximate surface area is 104 Å². The molecule has 0 aliphatic carbocycles. The Bertz CT molecular complexity index is 664. The van der Waals surface area contributed by atoms with Crippen LogP contribution in [-0.2, 0) is 6.42 Å². The topological polar surface area (TPSA) is 28.7 Å². The summed E-state index contributed by atoms with van der Waals surface area (Å²) in [5.74, 6) is 0. The Morgan fingerprint density at radius 1 is 1.29 bits per heavy atom. The molecule has 2 heterocycles. The molecule has 1 aromatic carbocycles. The molecule has 0 bridgehead atoms. The van der Waals surface area contributed by atoms with Gasteiger partial charge in [-0.15, -0.1) is 11.3 Å². The number of rotatable bonds is 2. The zero-order valence-electron chi connectivity index (χ0n) is 9.95. The summed E-state index contributed by atoms with van der Waals surface area (Å²) in [6, 6.07) is 8.39. The van der Waals surface area contributed by atoms with Crippen molar-refractivity contribution in [3.8, 4) is 11.4 Å². The summed E-state index contributed by atoms with van der Waals surface area (Å²) in [6.45, 7) is 4.29. The van der Waals surface area contributed by atoms with E-state index in [1.54, 1.807) is 11.3 Å². The number of para-hydroxylation sites is 1. The lowest BCUT2D eigenvalue weighted by Crippen LogP contribution is -1.82. The van der Waals surface area contributed by atoms with Crippen LogP contribution in [0.2, 0.25) is 0 Å². The van der Waals surface area contributed by atoms with E-state index in [0.29, 0.717) is 0 Å². The molecule has 1 N–H and O–H groups in total. The van der Waals surface area contributed by atoms with E-state index in [1.165, 1.54) is 21.5 Å². The van der Waals surface area contributed by atoms with Gasteiger partial charge in [0.1, 0.15) is 0 Å². The maximum Gasteiger partial charge on any atom is 0.0979 e. The van der Waals surface area contributed by atoms with Crippen LogP contribution < -0.4 is 0 Å². The summed E-state index contributed by atoms with van der Waals surface area (Å²) in [7, 11) is 0. The fraction of sp³-hybridized carbons (Fsp3) is 0.214. The van der Waals surface area contributed by atoms with E-state index in [4.69, 9.17) is 0 Å². The molecule has 3 rings (SSSR count). The third-order valence-corrected chi connectivity index (χ3v) is 4.07. The lowest BCUT2D eigenvalue weighted by Gasteiger charge is -1.94. The van der Waals surface area contributed by atoms with Crippen LogP contribution in [0, 0.1) is 6.92 Å². The Kier molecular flexibility index (Phi) is 2.48. The first kappa shape index (κ1) is 10.5. The van der Waals surface area contributed by atoms with Gasteiger partial charge in [-0.2, -0.15) is 0 Å². The molecule has 3 aromatic rings. The number of fused-ring (bicyclic) bond motifs is 1. The van der Waals surface area contributed by atoms with Crippen LogP contribution in [0.4, 0.5) is 0 Å². The summed E-state index contributed by atoms with van der Waals surface area (Å²) < 4.78 is 0. The number of nitrogens with one attached hydrogen (secondary N) is 1. The summed E-state index contributed by atoms with van der Waals surface area (Å²) in [4.78, 5) is 8.10. The number of thiazole rings is 1. The van der Waals surface area contributed by atoms with Crippen molar-refractivity contribution in [1.29, 1.82) is 0 Å². The number of aromatic nitrogens is 2. The molecule has 0 fully saturated rings. The number of aromatic amines is 1. The number of benzene rings is 1. The summed E-state index contributed by atoms with van der Waals surface area (Å²) in [5, 5.41) is 4.61. The number of nitrogens with zero attached hydrogens (tertiary/aromatic N) is 1. The summed E-state index contributed by atoms with van der Waals surface area (Å²) in [6.07, 6.45) is 1.00. The molecule has 0 spiro atoms. The van der Waals surface area contributed by atoms with Gasteiger partial charge in [0.15, 0.2) is 0 Å². The van der Waals surface area contributed by atoms with Gasteiger partial charge in [-0.05, 0) is 25.0 Å². The second kappa shape index (κ2) is 4.00. The van der Waals surface area contributed by atoms with Gasteiger partial charge in [-0.3, -0.25) is 0 Å². The van der Waals surface area contributed by atoms with E-state index >= 15 is 0 Å². The monoisotopic (exact) mass is 242 g/mol. The van der Waals surface area contributed by atoms with Crippen LogP contribution >= 0.6 is 11.3 Å². The van der Waals surface area contributed by atoms with Gasteiger partial charge in [-0.25, -0.2) is 4.98 Å². The fourth-order valence-corrected chi connectivity index (χ4v) is 2.86. The van der Waals surface area contributed by atoms with Crippen molar-refractivity contribution >= 4 is 22.2 Å². The van der Waals surface area contributed by atoms with Gasteiger partial charge in [0.2, 0.25) is 0 Å². The number of hydrogen-bond donors (Lipinski definition) is 1. The van der Waals surface area contributed by atoms with Crippen molar-refractivity contribution < 1.29 is 0 Å². The van der Waals surface area contributed by atoms with E-state index in [-0.39, 0.29) is 0 Å². The average Bonchev–Trinajstić information content (AvgIpc) is 2.95. The third kappa shape index (κ3) is 1.67. The second-order valence-corrected chi connectivity index (χ2v) is 5.09. The predicted octanol–water partition coefficient (Wildman–Crippen LogP) is 4.16. The first-order chi connectivity index (χ1) is 8.29. The molecule has 2 aromatic heterocycles. The molecule has 0 saturated carbocycles. The Balaban J connectivity index is 2.20. The van der Waals surface area contributed by atoms with Crippen LogP contribution in [0.25, 0.3) is 22.3 Å². The lowest BCUT2D eigenvalue weighted by atomic mass is 10.1. The highest BCUT2D eigenvalue weighted by molar-refractivity contribution is 7.09. The molecule has 3 heteroatoms. The van der Waals surface area contributed by atoms with Gasteiger partial charge >= 0.3 is 0 Å². The maximum atomic E-state index is 4.64. The van der Waals surface area contributed by atoms with Crippen molar-refractivity contribution in [2.75, 3.05) is 0 Å². The number of hydrogen-bond acceptors (Lipinski definition) is 2. The zero-order valence-corrected chi connectivity index (χ0v) is 10.8. The molecule has 17 heavy (non-hydrogen) atoms. The quantitative estimate of drug-likeness (QED) is 0.718. The van der Waals surface area contributed by atoms with Gasteiger partial charge in [0.05, 0.1) is 16.4 Å². The molecule has 0 aliphatic rings. The van der Waals surface area contributed by atoms with Crippen LogP contribution in [0.1, 0.15) is 17.5 Å². The SMILES string of the molecule is CCc1nc(-c2[nH]c3ccccc3c2C)cs1. The molecular formula is C14H14N2S. The minimum absolute atomic E-state index is 1.00. The molecule has 86 valence electrons. The predicted molar refractivity (Wildman–Crippen MR) is 73.5 cm³/mol. The molecule has 0 unspecified atom stereocenters. The van der Waals surface area contributed by atoms with Crippen molar-refractivity contribution in [1.82, 2.24) is 9.97 Å². The lowest BCUT2D eigenvalue weighted by molar-refractivity contribution is 1.09. The minimum atomic E-state index is 1.00. The van der Waals surface area contributed by atoms with Crippen molar-refractivity contribution in [3.63, 3.8) is 0 Å². The first-order valence-corrected chi connectivity index (χ1v) is 6.69. The zero-order chi connectivity index (χ0) is 11.8. The molecule has 0 saturated heterocycles. The van der Waals surface area contributed by atoms with E-state index < -0.39 is 0 Å². The Morgan fingerprint density at radius 2 is 2.12 bits per heavy atom. The van der Waals surface area contributed by atoms with Crippen LogP contribution in [0.5, 0.6) is 0 Å². The normalized spacial score (nSPS) is 11.2. The van der Waals surface area contributed by atoms with Crippen molar-refractivity contribution in [2.24, 2.45) is 0 Å².